The molecule has 0 bridgehead atoms. The molecule has 1 heterocycles. The average molecular weight is 353 g/mol. The second kappa shape index (κ2) is 7.35. The minimum absolute atomic E-state index is 0.0445. The van der Waals surface area contributed by atoms with E-state index in [2.05, 4.69) is 0 Å². The summed E-state index contributed by atoms with van der Waals surface area (Å²) in [6.07, 6.45) is 0. The normalized spacial score (nSPS) is 14.2. The lowest BCUT2D eigenvalue weighted by Crippen LogP contribution is -2.50. The Morgan fingerprint density at radius 1 is 0.962 bits per heavy atom. The first-order valence-corrected chi connectivity index (χ1v) is 8.36. The zero-order chi connectivity index (χ0) is 18.7. The molecule has 0 saturated carbocycles. The lowest BCUT2D eigenvalue weighted by atomic mass is 10.1. The summed E-state index contributed by atoms with van der Waals surface area (Å²) in [6, 6.07) is 13.4. The van der Waals surface area contributed by atoms with Gasteiger partial charge in [-0.15, -0.1) is 0 Å². The van der Waals surface area contributed by atoms with Gasteiger partial charge in [-0.3, -0.25) is 19.7 Å². The molecule has 0 radical (unpaired) electrons. The van der Waals surface area contributed by atoms with E-state index in [1.54, 1.807) is 42.5 Å². The predicted octanol–water partition coefficient (Wildman–Crippen LogP) is 2.43. The molecule has 0 unspecified atom stereocenters. The number of anilines is 1. The van der Waals surface area contributed by atoms with E-state index < -0.39 is 16.6 Å². The Bertz CT molecular complexity index is 840. The topological polar surface area (TPSA) is 83.8 Å². The molecular formula is C19H19N3O4. The van der Waals surface area contributed by atoms with Gasteiger partial charge in [0.1, 0.15) is 5.69 Å². The van der Waals surface area contributed by atoms with Crippen LogP contribution in [0.25, 0.3) is 0 Å². The van der Waals surface area contributed by atoms with Crippen molar-refractivity contribution in [1.29, 1.82) is 0 Å². The standard InChI is InChI=1S/C19H19N3O4/c1-14-6-8-15(9-7-14)18(23)19(24)21-12-10-20(11-13-21)16-4-2-3-5-17(16)22(25)26/h2-9H,10-13H2,1H3. The van der Waals surface area contributed by atoms with Crippen LogP contribution in [-0.2, 0) is 4.79 Å². The largest absolute Gasteiger partial charge is 0.362 e. The number of hydrogen-bond acceptors (Lipinski definition) is 5. The smallest absolute Gasteiger partial charge is 0.295 e. The third-order valence-corrected chi connectivity index (χ3v) is 4.49. The van der Waals surface area contributed by atoms with E-state index in [-0.39, 0.29) is 5.69 Å². The number of para-hydroxylation sites is 2. The fraction of sp³-hybridized carbons (Fsp3) is 0.263. The van der Waals surface area contributed by atoms with Crippen LogP contribution in [0.3, 0.4) is 0 Å². The van der Waals surface area contributed by atoms with E-state index in [1.165, 1.54) is 11.0 Å². The van der Waals surface area contributed by atoms with Gasteiger partial charge >= 0.3 is 0 Å². The molecule has 2 aromatic rings. The van der Waals surface area contributed by atoms with Crippen LogP contribution in [-0.4, -0.2) is 47.7 Å². The van der Waals surface area contributed by atoms with Gasteiger partial charge in [-0.05, 0) is 13.0 Å². The summed E-state index contributed by atoms with van der Waals surface area (Å²) in [4.78, 5) is 39.0. The summed E-state index contributed by atoms with van der Waals surface area (Å²) in [5.74, 6) is -1.06. The quantitative estimate of drug-likeness (QED) is 0.365. The second-order valence-corrected chi connectivity index (χ2v) is 6.22. The van der Waals surface area contributed by atoms with Gasteiger partial charge in [0, 0.05) is 37.8 Å². The lowest BCUT2D eigenvalue weighted by Gasteiger charge is -2.35. The first kappa shape index (κ1) is 17.6. The van der Waals surface area contributed by atoms with Crippen LogP contribution in [0.2, 0.25) is 0 Å². The molecule has 1 aliphatic rings. The molecule has 1 saturated heterocycles. The molecule has 0 atom stereocenters. The number of aryl methyl sites for hydroxylation is 1. The maximum atomic E-state index is 12.5. The van der Waals surface area contributed by atoms with Crippen molar-refractivity contribution in [2.45, 2.75) is 6.92 Å². The number of carbonyl (C=O) groups is 2. The molecule has 0 aliphatic carbocycles. The number of amides is 1. The van der Waals surface area contributed by atoms with E-state index in [1.807, 2.05) is 11.8 Å². The van der Waals surface area contributed by atoms with Crippen molar-refractivity contribution < 1.29 is 14.5 Å². The van der Waals surface area contributed by atoms with Gasteiger partial charge in [-0.25, -0.2) is 0 Å². The molecule has 0 N–H and O–H groups in total. The van der Waals surface area contributed by atoms with Crippen molar-refractivity contribution in [2.75, 3.05) is 31.1 Å². The van der Waals surface area contributed by atoms with Crippen molar-refractivity contribution >= 4 is 23.1 Å². The molecule has 7 nitrogen and oxygen atoms in total. The number of ketones is 1. The van der Waals surface area contributed by atoms with Crippen LogP contribution >= 0.6 is 0 Å². The number of nitro benzene ring substituents is 1. The number of nitrogens with zero attached hydrogens (tertiary/aromatic N) is 3. The minimum atomic E-state index is -0.531. The van der Waals surface area contributed by atoms with Crippen molar-refractivity contribution in [1.82, 2.24) is 4.90 Å². The van der Waals surface area contributed by atoms with E-state index in [4.69, 9.17) is 0 Å². The average Bonchev–Trinajstić information content (AvgIpc) is 2.67. The van der Waals surface area contributed by atoms with Crippen molar-refractivity contribution in [3.63, 3.8) is 0 Å². The monoisotopic (exact) mass is 353 g/mol. The maximum absolute atomic E-state index is 12.5. The second-order valence-electron chi connectivity index (χ2n) is 6.22. The molecule has 2 aromatic carbocycles. The fourth-order valence-corrected chi connectivity index (χ4v) is 3.01. The molecule has 0 spiro atoms. The van der Waals surface area contributed by atoms with E-state index in [0.29, 0.717) is 37.4 Å². The highest BCUT2D eigenvalue weighted by molar-refractivity contribution is 6.42. The third kappa shape index (κ3) is 3.56. The summed E-state index contributed by atoms with van der Waals surface area (Å²) in [7, 11) is 0. The number of benzene rings is 2. The molecule has 1 aliphatic heterocycles. The van der Waals surface area contributed by atoms with E-state index >= 15 is 0 Å². The highest BCUT2D eigenvalue weighted by Gasteiger charge is 2.28. The molecule has 7 heteroatoms. The first-order valence-electron chi connectivity index (χ1n) is 8.36. The van der Waals surface area contributed by atoms with E-state index in [0.717, 1.165) is 5.56 Å². The maximum Gasteiger partial charge on any atom is 0.295 e. The van der Waals surface area contributed by atoms with Gasteiger partial charge in [0.15, 0.2) is 0 Å². The van der Waals surface area contributed by atoms with Crippen LogP contribution in [0.15, 0.2) is 48.5 Å². The summed E-state index contributed by atoms with van der Waals surface area (Å²) >= 11 is 0. The van der Waals surface area contributed by atoms with Gasteiger partial charge in [0.2, 0.25) is 5.78 Å². The van der Waals surface area contributed by atoms with Gasteiger partial charge in [-0.1, -0.05) is 42.0 Å². The Kier molecular flexibility index (Phi) is 4.97. The summed E-state index contributed by atoms with van der Waals surface area (Å²) < 4.78 is 0. The Hall–Kier alpha value is -3.22. The zero-order valence-electron chi connectivity index (χ0n) is 14.4. The van der Waals surface area contributed by atoms with Crippen molar-refractivity contribution in [3.05, 3.63) is 69.8 Å². The summed E-state index contributed by atoms with van der Waals surface area (Å²) in [6.45, 7) is 3.50. The van der Waals surface area contributed by atoms with Crippen LogP contribution in [0.4, 0.5) is 11.4 Å². The van der Waals surface area contributed by atoms with E-state index in [9.17, 15) is 19.7 Å². The van der Waals surface area contributed by atoms with Crippen molar-refractivity contribution in [3.8, 4) is 0 Å². The van der Waals surface area contributed by atoms with Gasteiger partial charge < -0.3 is 9.80 Å². The number of nitro groups is 1. The Labute approximate surface area is 151 Å². The SMILES string of the molecule is Cc1ccc(C(=O)C(=O)N2CCN(c3ccccc3[N+](=O)[O-])CC2)cc1. The lowest BCUT2D eigenvalue weighted by molar-refractivity contribution is -0.384. The van der Waals surface area contributed by atoms with Gasteiger partial charge in [-0.2, -0.15) is 0 Å². The van der Waals surface area contributed by atoms with Crippen LogP contribution in [0, 0.1) is 17.0 Å². The molecule has 3 rings (SSSR count). The highest BCUT2D eigenvalue weighted by atomic mass is 16.6. The van der Waals surface area contributed by atoms with Crippen LogP contribution in [0.5, 0.6) is 0 Å². The molecule has 134 valence electrons. The first-order chi connectivity index (χ1) is 12.5. The number of Topliss-reactive ketones (excluding diaryl/α,β-unsaturated/α-hetero) is 1. The number of piperazine rings is 1. The molecule has 0 aromatic heterocycles. The number of rotatable bonds is 4. The Morgan fingerprint density at radius 2 is 1.58 bits per heavy atom. The van der Waals surface area contributed by atoms with Crippen molar-refractivity contribution in [2.24, 2.45) is 0 Å². The van der Waals surface area contributed by atoms with Gasteiger partial charge in [0.05, 0.1) is 4.92 Å². The van der Waals surface area contributed by atoms with Crippen LogP contribution < -0.4 is 4.90 Å². The zero-order valence-corrected chi connectivity index (χ0v) is 14.4. The van der Waals surface area contributed by atoms with Crippen LogP contribution in [0.1, 0.15) is 15.9 Å². The van der Waals surface area contributed by atoms with Gasteiger partial charge in [0.25, 0.3) is 11.6 Å². The number of hydrogen-bond donors (Lipinski definition) is 0. The fourth-order valence-electron chi connectivity index (χ4n) is 3.01. The molecule has 1 fully saturated rings. The minimum Gasteiger partial charge on any atom is -0.362 e. The predicted molar refractivity (Wildman–Crippen MR) is 97.4 cm³/mol. The third-order valence-electron chi connectivity index (χ3n) is 4.49. The highest BCUT2D eigenvalue weighted by Crippen LogP contribution is 2.28. The molecule has 26 heavy (non-hydrogen) atoms. The summed E-state index contributed by atoms with van der Waals surface area (Å²) in [5, 5.41) is 11.2. The Morgan fingerprint density at radius 3 is 2.19 bits per heavy atom. The number of carbonyl (C=O) groups excluding carboxylic acids is 2. The summed E-state index contributed by atoms with van der Waals surface area (Å²) in [5.41, 5.74) is 1.98. The Balaban J connectivity index is 1.67. The molecule has 1 amide bonds. The molecular weight excluding hydrogens is 334 g/mol.